The molecule has 4 rings (SSSR count). The number of halogens is 2. The number of carbonyl (C=O) groups is 2. The number of carbonyl (C=O) groups excluding carboxylic acids is 2. The van der Waals surface area contributed by atoms with Gasteiger partial charge in [0.05, 0.1) is 12.6 Å². The number of aryl methyl sites for hydroxylation is 1. The van der Waals surface area contributed by atoms with Gasteiger partial charge in [0.25, 0.3) is 5.91 Å². The molecule has 0 atom stereocenters. The lowest BCUT2D eigenvalue weighted by molar-refractivity contribution is -0.131. The molecule has 2 aromatic heterocycles. The van der Waals surface area contributed by atoms with Crippen LogP contribution in [0.25, 0.3) is 0 Å². The molecule has 0 fully saturated rings. The molecule has 3 aromatic rings. The molecule has 3 heterocycles. The maximum atomic E-state index is 13.9. The summed E-state index contributed by atoms with van der Waals surface area (Å²) < 4.78 is 27.8. The third kappa shape index (κ3) is 4.46. The fourth-order valence-corrected chi connectivity index (χ4v) is 3.81. The van der Waals surface area contributed by atoms with Crippen LogP contribution in [-0.4, -0.2) is 38.2 Å². The third-order valence-corrected chi connectivity index (χ3v) is 5.56. The molecule has 0 aliphatic carbocycles. The Morgan fingerprint density at radius 1 is 1.09 bits per heavy atom. The van der Waals surface area contributed by atoms with Crippen molar-refractivity contribution in [2.24, 2.45) is 0 Å². The molecule has 0 unspecified atom stereocenters. The van der Waals surface area contributed by atoms with Gasteiger partial charge < -0.3 is 10.2 Å². The molecule has 164 valence electrons. The minimum Gasteiger partial charge on any atom is -0.346 e. The van der Waals surface area contributed by atoms with Gasteiger partial charge in [-0.2, -0.15) is 0 Å². The smallest absolute Gasteiger partial charge is 0.271 e. The molecule has 0 saturated heterocycles. The number of fused-ring (bicyclic) bond motifs is 1. The number of hydrogen-bond acceptors (Lipinski definition) is 5. The van der Waals surface area contributed by atoms with Crippen LogP contribution in [0.4, 0.5) is 8.78 Å². The maximum Gasteiger partial charge on any atom is 0.271 e. The van der Waals surface area contributed by atoms with E-state index in [-0.39, 0.29) is 36.0 Å². The average molecular weight is 437 g/mol. The van der Waals surface area contributed by atoms with E-state index >= 15 is 0 Å². The van der Waals surface area contributed by atoms with Crippen LogP contribution in [0.5, 0.6) is 0 Å². The Hall–Kier alpha value is -3.75. The molecular weight excluding hydrogens is 416 g/mol. The Morgan fingerprint density at radius 2 is 1.88 bits per heavy atom. The molecule has 2 amide bonds. The second-order valence-electron chi connectivity index (χ2n) is 7.54. The molecular formula is C23H21F2N5O2. The van der Waals surface area contributed by atoms with Crippen LogP contribution in [0, 0.1) is 18.6 Å². The van der Waals surface area contributed by atoms with E-state index in [1.165, 1.54) is 24.7 Å². The normalized spacial score (nSPS) is 12.9. The van der Waals surface area contributed by atoms with Crippen LogP contribution in [0.2, 0.25) is 0 Å². The Morgan fingerprint density at radius 3 is 2.59 bits per heavy atom. The van der Waals surface area contributed by atoms with Crippen LogP contribution in [0.15, 0.2) is 43.0 Å². The molecule has 32 heavy (non-hydrogen) atoms. The molecule has 0 saturated carbocycles. The van der Waals surface area contributed by atoms with Gasteiger partial charge in [-0.15, -0.1) is 0 Å². The zero-order valence-corrected chi connectivity index (χ0v) is 17.4. The predicted octanol–water partition coefficient (Wildman–Crippen LogP) is 2.52. The zero-order chi connectivity index (χ0) is 22.7. The quantitative estimate of drug-likeness (QED) is 0.663. The standard InChI is InChI=1S/C23H21F2N5O2/c1-14-18(11-29-23(32)21-12-26-6-7-27-21)16-5-8-30(13-15(16)10-28-14)22(31)9-17-19(24)3-2-4-20(17)25/h2-4,6-7,10,12H,5,8-9,11,13H2,1H3,(H,29,32). The summed E-state index contributed by atoms with van der Waals surface area (Å²) in [5, 5.41) is 2.84. The third-order valence-electron chi connectivity index (χ3n) is 5.56. The SMILES string of the molecule is Cc1ncc2c(c1CNC(=O)c1cnccn1)CCN(C(=O)Cc1c(F)cccc1F)C2. The second kappa shape index (κ2) is 9.17. The van der Waals surface area contributed by atoms with Crippen LogP contribution in [-0.2, 0) is 30.7 Å². The van der Waals surface area contributed by atoms with Crippen molar-refractivity contribution in [1.29, 1.82) is 0 Å². The Labute approximate surface area is 183 Å². The summed E-state index contributed by atoms with van der Waals surface area (Å²) in [6.07, 6.45) is 6.26. The van der Waals surface area contributed by atoms with Crippen molar-refractivity contribution < 1.29 is 18.4 Å². The van der Waals surface area contributed by atoms with Gasteiger partial charge in [0.15, 0.2) is 0 Å². The predicted molar refractivity (Wildman–Crippen MR) is 111 cm³/mol. The van der Waals surface area contributed by atoms with Crippen LogP contribution >= 0.6 is 0 Å². The lowest BCUT2D eigenvalue weighted by Gasteiger charge is -2.30. The number of pyridine rings is 1. The Balaban J connectivity index is 1.47. The van der Waals surface area contributed by atoms with Gasteiger partial charge in [-0.05, 0) is 42.2 Å². The molecule has 9 heteroatoms. The largest absolute Gasteiger partial charge is 0.346 e. The Bertz CT molecular complexity index is 1150. The van der Waals surface area contributed by atoms with E-state index in [9.17, 15) is 18.4 Å². The minimum absolute atomic E-state index is 0.222. The van der Waals surface area contributed by atoms with Gasteiger partial charge in [-0.25, -0.2) is 13.8 Å². The molecule has 1 aromatic carbocycles. The molecule has 1 aliphatic heterocycles. The fourth-order valence-electron chi connectivity index (χ4n) is 3.81. The number of nitrogens with one attached hydrogen (secondary N) is 1. The van der Waals surface area contributed by atoms with Crippen molar-refractivity contribution in [3.05, 3.63) is 88.3 Å². The number of nitrogens with zero attached hydrogens (tertiary/aromatic N) is 4. The minimum atomic E-state index is -0.728. The highest BCUT2D eigenvalue weighted by Gasteiger charge is 2.25. The number of rotatable bonds is 5. The first-order chi connectivity index (χ1) is 15.4. The number of amides is 2. The maximum absolute atomic E-state index is 13.9. The van der Waals surface area contributed by atoms with E-state index in [2.05, 4.69) is 20.3 Å². The Kier molecular flexibility index (Phi) is 6.16. The molecule has 7 nitrogen and oxygen atoms in total. The molecule has 0 radical (unpaired) electrons. The van der Waals surface area contributed by atoms with E-state index in [1.807, 2.05) is 6.92 Å². The zero-order valence-electron chi connectivity index (χ0n) is 17.4. The molecule has 0 bridgehead atoms. The summed E-state index contributed by atoms with van der Waals surface area (Å²) in [6.45, 7) is 2.84. The lowest BCUT2D eigenvalue weighted by Crippen LogP contribution is -2.38. The van der Waals surface area contributed by atoms with E-state index < -0.39 is 11.6 Å². The lowest BCUT2D eigenvalue weighted by atomic mass is 9.94. The molecule has 1 N–H and O–H groups in total. The number of benzene rings is 1. The van der Waals surface area contributed by atoms with Gasteiger partial charge in [-0.3, -0.25) is 19.6 Å². The van der Waals surface area contributed by atoms with E-state index in [0.29, 0.717) is 19.5 Å². The van der Waals surface area contributed by atoms with E-state index in [4.69, 9.17) is 0 Å². The summed E-state index contributed by atoms with van der Waals surface area (Å²) in [6, 6.07) is 3.56. The van der Waals surface area contributed by atoms with Gasteiger partial charge in [-0.1, -0.05) is 6.07 Å². The summed E-state index contributed by atoms with van der Waals surface area (Å²) in [5.41, 5.74) is 3.56. The highest BCUT2D eigenvalue weighted by molar-refractivity contribution is 5.91. The highest BCUT2D eigenvalue weighted by atomic mass is 19.1. The summed E-state index contributed by atoms with van der Waals surface area (Å²) >= 11 is 0. The van der Waals surface area contributed by atoms with Crippen molar-refractivity contribution in [3.8, 4) is 0 Å². The van der Waals surface area contributed by atoms with Crippen molar-refractivity contribution in [2.75, 3.05) is 6.54 Å². The van der Waals surface area contributed by atoms with Crippen molar-refractivity contribution >= 4 is 11.8 Å². The number of hydrogen-bond donors (Lipinski definition) is 1. The van der Waals surface area contributed by atoms with Gasteiger partial charge in [0.2, 0.25) is 5.91 Å². The summed E-state index contributed by atoms with van der Waals surface area (Å²) in [5.74, 6) is -2.14. The van der Waals surface area contributed by atoms with Gasteiger partial charge in [0.1, 0.15) is 17.3 Å². The second-order valence-corrected chi connectivity index (χ2v) is 7.54. The summed E-state index contributed by atoms with van der Waals surface area (Å²) in [7, 11) is 0. The van der Waals surface area contributed by atoms with E-state index in [1.54, 1.807) is 11.1 Å². The topological polar surface area (TPSA) is 88.1 Å². The van der Waals surface area contributed by atoms with Crippen molar-refractivity contribution in [3.63, 3.8) is 0 Å². The first-order valence-corrected chi connectivity index (χ1v) is 10.1. The van der Waals surface area contributed by atoms with Crippen molar-refractivity contribution in [1.82, 2.24) is 25.2 Å². The van der Waals surface area contributed by atoms with Crippen molar-refractivity contribution in [2.45, 2.75) is 32.9 Å². The van der Waals surface area contributed by atoms with E-state index in [0.717, 1.165) is 34.5 Å². The monoisotopic (exact) mass is 437 g/mol. The highest BCUT2D eigenvalue weighted by Crippen LogP contribution is 2.25. The molecule has 1 aliphatic rings. The van der Waals surface area contributed by atoms with Crippen LogP contribution in [0.1, 0.15) is 38.4 Å². The first kappa shape index (κ1) is 21.5. The average Bonchev–Trinajstić information content (AvgIpc) is 2.81. The van der Waals surface area contributed by atoms with Crippen LogP contribution in [0.3, 0.4) is 0 Å². The first-order valence-electron chi connectivity index (χ1n) is 10.1. The molecule has 0 spiro atoms. The van der Waals surface area contributed by atoms with Gasteiger partial charge in [0, 0.05) is 49.5 Å². The summed E-state index contributed by atoms with van der Waals surface area (Å²) in [4.78, 5) is 38.9. The van der Waals surface area contributed by atoms with Crippen LogP contribution < -0.4 is 5.32 Å². The number of aromatic nitrogens is 3. The fraction of sp³-hybridized carbons (Fsp3) is 0.261. The van der Waals surface area contributed by atoms with Gasteiger partial charge >= 0.3 is 0 Å².